The molecule has 0 spiro atoms. The lowest BCUT2D eigenvalue weighted by Crippen LogP contribution is -2.04. The van der Waals surface area contributed by atoms with E-state index in [1.165, 1.54) is 6.42 Å². The van der Waals surface area contributed by atoms with Gasteiger partial charge in [-0.25, -0.2) is 0 Å². The lowest BCUT2D eigenvalue weighted by molar-refractivity contribution is 0.607. The Hall–Kier alpha value is -0.640. The molecule has 3 nitrogen and oxygen atoms in total. The summed E-state index contributed by atoms with van der Waals surface area (Å²) in [6.45, 7) is 5.41. The van der Waals surface area contributed by atoms with Crippen LogP contribution in [0, 0.1) is 5.92 Å². The summed E-state index contributed by atoms with van der Waals surface area (Å²) in [7, 11) is 0. The molecular weight excluding hydrogens is 158 g/mol. The van der Waals surface area contributed by atoms with Gasteiger partial charge in [0.05, 0.1) is 0 Å². The van der Waals surface area contributed by atoms with Crippen molar-refractivity contribution in [1.82, 2.24) is 10.2 Å². The molecule has 0 unspecified atom stereocenters. The first kappa shape index (κ1) is 8.46. The molecule has 0 atom stereocenters. The summed E-state index contributed by atoms with van der Waals surface area (Å²) < 4.78 is 0. The van der Waals surface area contributed by atoms with Crippen LogP contribution in [0.15, 0.2) is 5.51 Å². The van der Waals surface area contributed by atoms with Crippen LogP contribution >= 0.6 is 11.3 Å². The van der Waals surface area contributed by atoms with Crippen molar-refractivity contribution in [2.75, 3.05) is 11.9 Å². The maximum absolute atomic E-state index is 3.87. The second-order valence-electron chi connectivity index (χ2n) is 2.85. The summed E-state index contributed by atoms with van der Waals surface area (Å²) in [5.41, 5.74) is 1.73. The Morgan fingerprint density at radius 2 is 2.45 bits per heavy atom. The molecule has 11 heavy (non-hydrogen) atoms. The van der Waals surface area contributed by atoms with Crippen molar-refractivity contribution >= 4 is 16.5 Å². The van der Waals surface area contributed by atoms with Gasteiger partial charge in [0.15, 0.2) is 0 Å². The van der Waals surface area contributed by atoms with Gasteiger partial charge in [0.1, 0.15) is 5.51 Å². The van der Waals surface area contributed by atoms with E-state index in [1.807, 2.05) is 0 Å². The van der Waals surface area contributed by atoms with E-state index in [2.05, 4.69) is 29.4 Å². The molecule has 0 amide bonds. The zero-order valence-corrected chi connectivity index (χ0v) is 7.69. The van der Waals surface area contributed by atoms with E-state index in [9.17, 15) is 0 Å². The quantitative estimate of drug-likeness (QED) is 0.753. The van der Waals surface area contributed by atoms with Crippen LogP contribution in [0.3, 0.4) is 0 Å². The Kier molecular flexibility index (Phi) is 3.29. The normalized spacial score (nSPS) is 10.5. The predicted octanol–water partition coefficient (Wildman–Crippen LogP) is 2.00. The molecule has 0 aliphatic rings. The minimum Gasteiger partial charge on any atom is -0.360 e. The topological polar surface area (TPSA) is 37.8 Å². The van der Waals surface area contributed by atoms with Crippen LogP contribution in [0.1, 0.15) is 20.3 Å². The summed E-state index contributed by atoms with van der Waals surface area (Å²) in [6, 6.07) is 0. The molecule has 0 aromatic carbocycles. The summed E-state index contributed by atoms with van der Waals surface area (Å²) in [4.78, 5) is 0. The lowest BCUT2D eigenvalue weighted by Gasteiger charge is -2.03. The standard InChI is InChI=1S/C7H13N3S/c1-6(2)3-4-8-7-10-9-5-11-7/h5-6H,3-4H2,1-2H3,(H,8,10). The zero-order chi connectivity index (χ0) is 8.10. The Balaban J connectivity index is 2.14. The predicted molar refractivity (Wildman–Crippen MR) is 47.9 cm³/mol. The van der Waals surface area contributed by atoms with E-state index >= 15 is 0 Å². The second-order valence-corrected chi connectivity index (χ2v) is 3.69. The molecule has 0 saturated carbocycles. The average molecular weight is 171 g/mol. The van der Waals surface area contributed by atoms with Gasteiger partial charge in [-0.3, -0.25) is 0 Å². The second kappa shape index (κ2) is 4.28. The number of nitrogens with zero attached hydrogens (tertiary/aromatic N) is 2. The largest absolute Gasteiger partial charge is 0.360 e. The highest BCUT2D eigenvalue weighted by atomic mass is 32.1. The molecule has 1 heterocycles. The van der Waals surface area contributed by atoms with Gasteiger partial charge in [-0.2, -0.15) is 0 Å². The first-order valence-corrected chi connectivity index (χ1v) is 4.67. The van der Waals surface area contributed by atoms with Crippen molar-refractivity contribution < 1.29 is 0 Å². The number of hydrogen-bond acceptors (Lipinski definition) is 4. The highest BCUT2D eigenvalue weighted by Crippen LogP contribution is 2.08. The van der Waals surface area contributed by atoms with E-state index in [-0.39, 0.29) is 0 Å². The van der Waals surface area contributed by atoms with Crippen LogP contribution in [0.25, 0.3) is 0 Å². The van der Waals surface area contributed by atoms with Gasteiger partial charge < -0.3 is 5.32 Å². The van der Waals surface area contributed by atoms with Crippen LogP contribution in [-0.4, -0.2) is 16.7 Å². The summed E-state index contributed by atoms with van der Waals surface area (Å²) >= 11 is 1.54. The van der Waals surface area contributed by atoms with Crippen LogP contribution in [0.2, 0.25) is 0 Å². The highest BCUT2D eigenvalue weighted by molar-refractivity contribution is 7.13. The van der Waals surface area contributed by atoms with Crippen LogP contribution < -0.4 is 5.32 Å². The molecule has 1 N–H and O–H groups in total. The van der Waals surface area contributed by atoms with Crippen LogP contribution in [-0.2, 0) is 0 Å². The van der Waals surface area contributed by atoms with Gasteiger partial charge >= 0.3 is 0 Å². The van der Waals surface area contributed by atoms with E-state index in [4.69, 9.17) is 0 Å². The molecular formula is C7H13N3S. The van der Waals surface area contributed by atoms with Crippen molar-refractivity contribution in [3.8, 4) is 0 Å². The average Bonchev–Trinajstić information content (AvgIpc) is 2.39. The molecule has 62 valence electrons. The van der Waals surface area contributed by atoms with Gasteiger partial charge in [-0.1, -0.05) is 25.2 Å². The SMILES string of the molecule is CC(C)CCNc1nncs1. The van der Waals surface area contributed by atoms with Crippen molar-refractivity contribution in [1.29, 1.82) is 0 Å². The summed E-state index contributed by atoms with van der Waals surface area (Å²) in [5.74, 6) is 0.746. The number of rotatable bonds is 4. The van der Waals surface area contributed by atoms with Crippen molar-refractivity contribution in [3.05, 3.63) is 5.51 Å². The Labute approximate surface area is 70.9 Å². The maximum atomic E-state index is 3.87. The molecule has 0 fully saturated rings. The van der Waals surface area contributed by atoms with E-state index in [0.29, 0.717) is 0 Å². The Bertz CT molecular complexity index is 184. The summed E-state index contributed by atoms with van der Waals surface area (Å²) in [5, 5.41) is 11.7. The van der Waals surface area contributed by atoms with E-state index < -0.39 is 0 Å². The van der Waals surface area contributed by atoms with Gasteiger partial charge in [0.25, 0.3) is 0 Å². The molecule has 0 aliphatic heterocycles. The third kappa shape index (κ3) is 3.32. The minimum absolute atomic E-state index is 0.746. The van der Waals surface area contributed by atoms with Gasteiger partial charge in [-0.15, -0.1) is 10.2 Å². The minimum atomic E-state index is 0.746. The molecule has 1 aromatic rings. The first-order chi connectivity index (χ1) is 5.29. The maximum Gasteiger partial charge on any atom is 0.205 e. The number of aromatic nitrogens is 2. The van der Waals surface area contributed by atoms with Crippen molar-refractivity contribution in [2.45, 2.75) is 20.3 Å². The monoisotopic (exact) mass is 171 g/mol. The smallest absolute Gasteiger partial charge is 0.205 e. The van der Waals surface area contributed by atoms with Gasteiger partial charge in [-0.05, 0) is 12.3 Å². The van der Waals surface area contributed by atoms with Crippen LogP contribution in [0.5, 0.6) is 0 Å². The van der Waals surface area contributed by atoms with E-state index in [0.717, 1.165) is 17.6 Å². The Morgan fingerprint density at radius 3 is 3.00 bits per heavy atom. The number of hydrogen-bond donors (Lipinski definition) is 1. The molecule has 1 aromatic heterocycles. The molecule has 0 aliphatic carbocycles. The fourth-order valence-corrected chi connectivity index (χ4v) is 1.19. The van der Waals surface area contributed by atoms with E-state index in [1.54, 1.807) is 16.8 Å². The van der Waals surface area contributed by atoms with Crippen molar-refractivity contribution in [3.63, 3.8) is 0 Å². The van der Waals surface area contributed by atoms with Gasteiger partial charge in [0.2, 0.25) is 5.13 Å². The van der Waals surface area contributed by atoms with Gasteiger partial charge in [0, 0.05) is 6.54 Å². The molecule has 1 rings (SSSR count). The zero-order valence-electron chi connectivity index (χ0n) is 6.87. The molecule has 0 radical (unpaired) electrons. The summed E-state index contributed by atoms with van der Waals surface area (Å²) in [6.07, 6.45) is 1.18. The fourth-order valence-electron chi connectivity index (χ4n) is 0.718. The Morgan fingerprint density at radius 1 is 1.64 bits per heavy atom. The molecule has 0 saturated heterocycles. The highest BCUT2D eigenvalue weighted by Gasteiger charge is 1.95. The number of anilines is 1. The first-order valence-electron chi connectivity index (χ1n) is 3.79. The third-order valence-electron chi connectivity index (χ3n) is 1.36. The van der Waals surface area contributed by atoms with Crippen molar-refractivity contribution in [2.24, 2.45) is 5.92 Å². The van der Waals surface area contributed by atoms with Crippen LogP contribution in [0.4, 0.5) is 5.13 Å². The fraction of sp³-hybridized carbons (Fsp3) is 0.714. The number of nitrogens with one attached hydrogen (secondary N) is 1. The lowest BCUT2D eigenvalue weighted by atomic mass is 10.1. The molecule has 0 bridgehead atoms. The molecule has 4 heteroatoms. The third-order valence-corrected chi connectivity index (χ3v) is 2.01.